The molecule has 0 saturated carbocycles. The van der Waals surface area contributed by atoms with E-state index in [4.69, 9.17) is 4.74 Å². The second-order valence-corrected chi connectivity index (χ2v) is 7.60. The summed E-state index contributed by atoms with van der Waals surface area (Å²) in [6.45, 7) is 5.42. The number of morpholine rings is 1. The van der Waals surface area contributed by atoms with Crippen LogP contribution in [0, 0.1) is 11.6 Å². The van der Waals surface area contributed by atoms with Crippen LogP contribution in [0.5, 0.6) is 0 Å². The van der Waals surface area contributed by atoms with Crippen LogP contribution in [0.2, 0.25) is 0 Å². The van der Waals surface area contributed by atoms with Gasteiger partial charge in [0.1, 0.15) is 11.6 Å². The fourth-order valence-corrected chi connectivity index (χ4v) is 3.89. The van der Waals surface area contributed by atoms with Gasteiger partial charge in [0, 0.05) is 37.8 Å². The summed E-state index contributed by atoms with van der Waals surface area (Å²) in [5.74, 6) is -1.06. The van der Waals surface area contributed by atoms with E-state index in [1.54, 1.807) is 0 Å². The number of hydrogen-bond donors (Lipinski definition) is 2. The molecule has 0 aromatic heterocycles. The maximum atomic E-state index is 14.0. The summed E-state index contributed by atoms with van der Waals surface area (Å²) in [7, 11) is 2.03. The van der Waals surface area contributed by atoms with Crippen LogP contribution in [0.4, 0.5) is 14.5 Å². The lowest BCUT2D eigenvalue weighted by Crippen LogP contribution is -2.66. The second kappa shape index (κ2) is 8.17. The first-order valence-corrected chi connectivity index (χ1v) is 9.30. The summed E-state index contributed by atoms with van der Waals surface area (Å²) in [4.78, 5) is 4.17. The first-order valence-electron chi connectivity index (χ1n) is 9.30. The normalized spacial score (nSPS) is 28.5. The van der Waals surface area contributed by atoms with Crippen molar-refractivity contribution < 1.29 is 18.6 Å². The summed E-state index contributed by atoms with van der Waals surface area (Å²) in [5, 5.41) is 13.5. The van der Waals surface area contributed by atoms with Crippen molar-refractivity contribution in [2.45, 2.75) is 37.4 Å². The first-order chi connectivity index (χ1) is 12.4. The molecule has 0 spiro atoms. The minimum Gasteiger partial charge on any atom is -0.394 e. The molecule has 2 atom stereocenters. The van der Waals surface area contributed by atoms with Crippen molar-refractivity contribution in [3.63, 3.8) is 0 Å². The SMILES string of the molecule is C[C@@H]1COC[C@@](CO)(CNC2CCN(c3ccc(F)cc3F)CC2)N1C. The number of ether oxygens (including phenoxy) is 1. The second-order valence-electron chi connectivity index (χ2n) is 7.60. The molecule has 146 valence electrons. The highest BCUT2D eigenvalue weighted by molar-refractivity contribution is 5.48. The molecule has 2 heterocycles. The lowest BCUT2D eigenvalue weighted by Gasteiger charge is -2.48. The Morgan fingerprint density at radius 1 is 1.31 bits per heavy atom. The highest BCUT2D eigenvalue weighted by Crippen LogP contribution is 2.25. The molecule has 0 amide bonds. The fourth-order valence-electron chi connectivity index (χ4n) is 3.89. The van der Waals surface area contributed by atoms with E-state index >= 15 is 0 Å². The average Bonchev–Trinajstić information content (AvgIpc) is 2.64. The van der Waals surface area contributed by atoms with Crippen molar-refractivity contribution in [3.05, 3.63) is 29.8 Å². The molecule has 2 saturated heterocycles. The molecule has 2 aliphatic rings. The molecule has 2 fully saturated rings. The first kappa shape index (κ1) is 19.5. The highest BCUT2D eigenvalue weighted by Gasteiger charge is 2.40. The standard InChI is InChI=1S/C19H29F2N3O2/c1-14-10-26-13-19(12-25,23(14)2)11-22-16-5-7-24(8-6-16)18-4-3-15(20)9-17(18)21/h3-4,9,14,16,22,25H,5-8,10-13H2,1-2H3/t14-,19+/m1/s1. The molecule has 7 heteroatoms. The van der Waals surface area contributed by atoms with Gasteiger partial charge in [-0.25, -0.2) is 8.78 Å². The third-order valence-electron chi connectivity index (χ3n) is 5.90. The van der Waals surface area contributed by atoms with Crippen LogP contribution in [0.25, 0.3) is 0 Å². The number of anilines is 1. The Bertz CT molecular complexity index is 610. The van der Waals surface area contributed by atoms with Crippen molar-refractivity contribution in [1.82, 2.24) is 10.2 Å². The van der Waals surface area contributed by atoms with Gasteiger partial charge in [-0.15, -0.1) is 0 Å². The zero-order chi connectivity index (χ0) is 18.7. The van der Waals surface area contributed by atoms with Gasteiger partial charge in [-0.3, -0.25) is 4.90 Å². The lowest BCUT2D eigenvalue weighted by molar-refractivity contribution is -0.107. The highest BCUT2D eigenvalue weighted by atomic mass is 19.1. The van der Waals surface area contributed by atoms with Crippen LogP contribution in [-0.2, 0) is 4.74 Å². The Hall–Kier alpha value is -1.28. The van der Waals surface area contributed by atoms with Gasteiger partial charge < -0.3 is 20.1 Å². The number of rotatable bonds is 5. The van der Waals surface area contributed by atoms with Gasteiger partial charge in [-0.05, 0) is 38.9 Å². The zero-order valence-electron chi connectivity index (χ0n) is 15.5. The largest absolute Gasteiger partial charge is 0.394 e. The van der Waals surface area contributed by atoms with Gasteiger partial charge in [0.05, 0.1) is 31.0 Å². The van der Waals surface area contributed by atoms with E-state index in [1.165, 1.54) is 12.1 Å². The molecule has 1 aromatic rings. The molecule has 0 bridgehead atoms. The van der Waals surface area contributed by atoms with Crippen LogP contribution < -0.4 is 10.2 Å². The van der Waals surface area contributed by atoms with Gasteiger partial charge in [-0.1, -0.05) is 0 Å². The van der Waals surface area contributed by atoms with Crippen LogP contribution in [0.15, 0.2) is 18.2 Å². The minimum atomic E-state index is -0.551. The maximum absolute atomic E-state index is 14.0. The summed E-state index contributed by atoms with van der Waals surface area (Å²) < 4.78 is 32.7. The van der Waals surface area contributed by atoms with Gasteiger partial charge >= 0.3 is 0 Å². The summed E-state index contributed by atoms with van der Waals surface area (Å²) >= 11 is 0. The average molecular weight is 369 g/mol. The number of nitrogens with zero attached hydrogens (tertiary/aromatic N) is 2. The van der Waals surface area contributed by atoms with E-state index < -0.39 is 17.2 Å². The molecule has 1 aromatic carbocycles. The zero-order valence-corrected chi connectivity index (χ0v) is 15.5. The smallest absolute Gasteiger partial charge is 0.149 e. The monoisotopic (exact) mass is 369 g/mol. The van der Waals surface area contributed by atoms with Crippen molar-refractivity contribution >= 4 is 5.69 Å². The van der Waals surface area contributed by atoms with E-state index in [-0.39, 0.29) is 12.6 Å². The molecular weight excluding hydrogens is 340 g/mol. The molecule has 3 rings (SSSR count). The molecule has 5 nitrogen and oxygen atoms in total. The number of benzene rings is 1. The molecule has 0 unspecified atom stereocenters. The quantitative estimate of drug-likeness (QED) is 0.826. The van der Waals surface area contributed by atoms with Crippen LogP contribution in [0.3, 0.4) is 0 Å². The number of hydrogen-bond acceptors (Lipinski definition) is 5. The fraction of sp³-hybridized carbons (Fsp3) is 0.684. The Balaban J connectivity index is 1.54. The lowest BCUT2D eigenvalue weighted by atomic mass is 9.94. The van der Waals surface area contributed by atoms with Crippen LogP contribution in [0.1, 0.15) is 19.8 Å². The third kappa shape index (κ3) is 4.01. The molecule has 26 heavy (non-hydrogen) atoms. The number of halogens is 2. The number of aliphatic hydroxyl groups is 1. The molecule has 0 aliphatic carbocycles. The Morgan fingerprint density at radius 2 is 2.04 bits per heavy atom. The third-order valence-corrected chi connectivity index (χ3v) is 5.90. The topological polar surface area (TPSA) is 48.0 Å². The number of aliphatic hydroxyl groups excluding tert-OH is 1. The molecular formula is C19H29F2N3O2. The van der Waals surface area contributed by atoms with E-state index in [1.807, 2.05) is 11.9 Å². The maximum Gasteiger partial charge on any atom is 0.149 e. The van der Waals surface area contributed by atoms with Crippen LogP contribution in [-0.4, -0.2) is 74.1 Å². The predicted molar refractivity (Wildman–Crippen MR) is 97.5 cm³/mol. The van der Waals surface area contributed by atoms with Crippen molar-refractivity contribution in [2.75, 3.05) is 51.4 Å². The van der Waals surface area contributed by atoms with Crippen molar-refractivity contribution in [2.24, 2.45) is 0 Å². The van der Waals surface area contributed by atoms with E-state index in [9.17, 15) is 13.9 Å². The van der Waals surface area contributed by atoms with Gasteiger partial charge in [0.25, 0.3) is 0 Å². The van der Waals surface area contributed by atoms with E-state index in [2.05, 4.69) is 17.1 Å². The van der Waals surface area contributed by atoms with Gasteiger partial charge in [0.2, 0.25) is 0 Å². The van der Waals surface area contributed by atoms with E-state index in [0.29, 0.717) is 31.5 Å². The van der Waals surface area contributed by atoms with E-state index in [0.717, 1.165) is 32.0 Å². The van der Waals surface area contributed by atoms with Gasteiger partial charge in [-0.2, -0.15) is 0 Å². The number of piperidine rings is 1. The molecule has 0 radical (unpaired) electrons. The predicted octanol–water partition coefficient (Wildman–Crippen LogP) is 1.60. The number of likely N-dealkylation sites (N-methyl/N-ethyl adjacent to an activating group) is 1. The van der Waals surface area contributed by atoms with Crippen LogP contribution >= 0.6 is 0 Å². The summed E-state index contributed by atoms with van der Waals surface area (Å²) in [6, 6.07) is 4.32. The number of nitrogens with one attached hydrogen (secondary N) is 1. The van der Waals surface area contributed by atoms with Crippen molar-refractivity contribution in [3.8, 4) is 0 Å². The van der Waals surface area contributed by atoms with Gasteiger partial charge in [0.15, 0.2) is 0 Å². The minimum absolute atomic E-state index is 0.0421. The Kier molecular flexibility index (Phi) is 6.12. The molecule has 2 N–H and O–H groups in total. The summed E-state index contributed by atoms with van der Waals surface area (Å²) in [5.41, 5.74) is 0.0589. The summed E-state index contributed by atoms with van der Waals surface area (Å²) in [6.07, 6.45) is 1.75. The Labute approximate surface area is 153 Å². The Morgan fingerprint density at radius 3 is 2.69 bits per heavy atom. The molecule has 2 aliphatic heterocycles. The van der Waals surface area contributed by atoms with Crippen molar-refractivity contribution in [1.29, 1.82) is 0 Å².